The molecule has 0 unspecified atom stereocenters. The number of rotatable bonds is 4. The first-order valence-corrected chi connectivity index (χ1v) is 7.83. The summed E-state index contributed by atoms with van der Waals surface area (Å²) in [5.41, 5.74) is 0.667. The van der Waals surface area contributed by atoms with Crippen molar-refractivity contribution in [3.05, 3.63) is 56.7 Å². The van der Waals surface area contributed by atoms with E-state index in [1.54, 1.807) is 18.2 Å². The monoisotopic (exact) mass is 393 g/mol. The lowest BCUT2D eigenvalue weighted by Crippen LogP contribution is -2.54. The van der Waals surface area contributed by atoms with Crippen molar-refractivity contribution >= 4 is 39.3 Å². The summed E-state index contributed by atoms with van der Waals surface area (Å²) in [6.45, 7) is 0.486. The van der Waals surface area contributed by atoms with Gasteiger partial charge in [0, 0.05) is 23.2 Å². The highest BCUT2D eigenvalue weighted by Crippen LogP contribution is 2.24. The molecule has 8 nitrogen and oxygen atoms in total. The van der Waals surface area contributed by atoms with Gasteiger partial charge in [0.2, 0.25) is 5.91 Å². The average Bonchev–Trinajstić information content (AvgIpc) is 2.95. The van der Waals surface area contributed by atoms with Gasteiger partial charge in [-0.15, -0.1) is 0 Å². The van der Waals surface area contributed by atoms with E-state index in [0.717, 1.165) is 10.5 Å². The number of hydrogen-bond donors (Lipinski definition) is 1. The summed E-state index contributed by atoms with van der Waals surface area (Å²) in [7, 11) is 0. The van der Waals surface area contributed by atoms with Crippen LogP contribution in [0.4, 0.5) is 11.6 Å². The predicted octanol–water partition coefficient (Wildman–Crippen LogP) is 2.66. The second-order valence-electron chi connectivity index (χ2n) is 5.30. The normalized spacial score (nSPS) is 14.1. The van der Waals surface area contributed by atoms with E-state index in [0.29, 0.717) is 5.69 Å². The van der Waals surface area contributed by atoms with Crippen molar-refractivity contribution in [1.82, 2.24) is 4.90 Å². The van der Waals surface area contributed by atoms with Crippen LogP contribution in [0.5, 0.6) is 0 Å². The van der Waals surface area contributed by atoms with E-state index < -0.39 is 16.7 Å². The van der Waals surface area contributed by atoms with Gasteiger partial charge >= 0.3 is 5.88 Å². The third kappa shape index (κ3) is 3.30. The van der Waals surface area contributed by atoms with Gasteiger partial charge < -0.3 is 14.6 Å². The van der Waals surface area contributed by atoms with Crippen LogP contribution in [-0.4, -0.2) is 34.7 Å². The lowest BCUT2D eigenvalue weighted by atomic mass is 9.98. The fourth-order valence-corrected chi connectivity index (χ4v) is 2.72. The van der Waals surface area contributed by atoms with Crippen LogP contribution < -0.4 is 5.32 Å². The van der Waals surface area contributed by atoms with Crippen molar-refractivity contribution in [2.24, 2.45) is 5.92 Å². The highest BCUT2D eigenvalue weighted by molar-refractivity contribution is 9.10. The Morgan fingerprint density at radius 2 is 2.04 bits per heavy atom. The molecule has 1 N–H and O–H groups in total. The summed E-state index contributed by atoms with van der Waals surface area (Å²) < 4.78 is 5.72. The Balaban J connectivity index is 1.55. The van der Waals surface area contributed by atoms with Crippen molar-refractivity contribution in [2.75, 3.05) is 18.4 Å². The minimum atomic E-state index is -0.707. The maximum absolute atomic E-state index is 12.1. The second-order valence-corrected chi connectivity index (χ2v) is 6.22. The molecule has 1 fully saturated rings. The molecule has 2 amide bonds. The topological polar surface area (TPSA) is 106 Å². The number of likely N-dealkylation sites (tertiary alicyclic amines) is 1. The number of hydrogen-bond acceptors (Lipinski definition) is 5. The van der Waals surface area contributed by atoms with Crippen molar-refractivity contribution in [3.8, 4) is 0 Å². The molecule has 2 aromatic rings. The highest BCUT2D eigenvalue weighted by atomic mass is 79.9. The van der Waals surface area contributed by atoms with Gasteiger partial charge in [-0.2, -0.15) is 0 Å². The van der Waals surface area contributed by atoms with Gasteiger partial charge in [-0.05, 0) is 24.3 Å². The number of carbonyl (C=O) groups is 2. The molecule has 1 aliphatic rings. The summed E-state index contributed by atoms with van der Waals surface area (Å²) in [5, 5.41) is 13.3. The van der Waals surface area contributed by atoms with Crippen LogP contribution in [0.15, 0.2) is 45.3 Å². The molecule has 0 saturated carbocycles. The van der Waals surface area contributed by atoms with Crippen LogP contribution in [0.3, 0.4) is 0 Å². The zero-order chi connectivity index (χ0) is 17.3. The van der Waals surface area contributed by atoms with E-state index in [1.807, 2.05) is 6.07 Å². The zero-order valence-electron chi connectivity index (χ0n) is 12.3. The van der Waals surface area contributed by atoms with Crippen LogP contribution in [-0.2, 0) is 4.79 Å². The quantitative estimate of drug-likeness (QED) is 0.634. The first kappa shape index (κ1) is 16.2. The predicted molar refractivity (Wildman–Crippen MR) is 87.5 cm³/mol. The van der Waals surface area contributed by atoms with Gasteiger partial charge in [0.15, 0.2) is 5.76 Å². The molecular formula is C15H12BrN3O5. The largest absolute Gasteiger partial charge is 0.433 e. The van der Waals surface area contributed by atoms with Gasteiger partial charge in [-0.1, -0.05) is 22.0 Å². The standard InChI is InChI=1S/C15H12BrN3O5/c16-10-2-1-3-11(6-10)17-14(20)9-7-18(8-9)15(21)12-4-5-13(24-12)19(22)23/h1-6,9H,7-8H2,(H,17,20). The smallest absolute Gasteiger partial charge is 0.395 e. The number of anilines is 1. The molecule has 1 aromatic carbocycles. The number of nitro groups is 1. The van der Waals surface area contributed by atoms with E-state index in [2.05, 4.69) is 21.2 Å². The van der Waals surface area contributed by atoms with Crippen LogP contribution in [0.2, 0.25) is 0 Å². The van der Waals surface area contributed by atoms with E-state index in [4.69, 9.17) is 4.42 Å². The number of nitrogens with zero attached hydrogens (tertiary/aromatic N) is 2. The molecule has 0 atom stereocenters. The third-order valence-corrected chi connectivity index (χ3v) is 4.11. The van der Waals surface area contributed by atoms with Gasteiger partial charge in [-0.3, -0.25) is 19.7 Å². The van der Waals surface area contributed by atoms with Crippen molar-refractivity contribution in [1.29, 1.82) is 0 Å². The van der Waals surface area contributed by atoms with Gasteiger partial charge in [0.25, 0.3) is 5.91 Å². The first-order chi connectivity index (χ1) is 11.4. The fraction of sp³-hybridized carbons (Fsp3) is 0.200. The molecule has 1 saturated heterocycles. The molecule has 2 heterocycles. The summed E-state index contributed by atoms with van der Waals surface area (Å²) >= 11 is 3.32. The van der Waals surface area contributed by atoms with Crippen LogP contribution in [0.1, 0.15) is 10.6 Å². The average molecular weight is 394 g/mol. The molecule has 1 aliphatic heterocycles. The third-order valence-electron chi connectivity index (χ3n) is 3.61. The van der Waals surface area contributed by atoms with Gasteiger partial charge in [0.1, 0.15) is 4.92 Å². The molecule has 0 radical (unpaired) electrons. The maximum Gasteiger partial charge on any atom is 0.433 e. The molecule has 24 heavy (non-hydrogen) atoms. The van der Waals surface area contributed by atoms with E-state index in [1.165, 1.54) is 11.0 Å². The SMILES string of the molecule is O=C(Nc1cccc(Br)c1)C1CN(C(=O)c2ccc([N+](=O)[O-])o2)C1. The summed E-state index contributed by atoms with van der Waals surface area (Å²) in [5.74, 6) is -1.55. The molecule has 0 aliphatic carbocycles. The summed E-state index contributed by atoms with van der Waals surface area (Å²) in [6, 6.07) is 9.59. The minimum Gasteiger partial charge on any atom is -0.395 e. The maximum atomic E-state index is 12.1. The number of halogens is 1. The fourth-order valence-electron chi connectivity index (χ4n) is 2.32. The van der Waals surface area contributed by atoms with Gasteiger partial charge in [0.05, 0.1) is 12.0 Å². The molecular weight excluding hydrogens is 382 g/mol. The minimum absolute atomic E-state index is 0.104. The van der Waals surface area contributed by atoms with E-state index >= 15 is 0 Å². The Morgan fingerprint density at radius 3 is 2.67 bits per heavy atom. The zero-order valence-corrected chi connectivity index (χ0v) is 13.9. The Labute approximate surface area is 144 Å². The lowest BCUT2D eigenvalue weighted by Gasteiger charge is -2.37. The molecule has 3 rings (SSSR count). The number of furan rings is 1. The Bertz CT molecular complexity index is 813. The van der Waals surface area contributed by atoms with Crippen molar-refractivity contribution in [2.45, 2.75) is 0 Å². The second kappa shape index (κ2) is 6.44. The van der Waals surface area contributed by atoms with Crippen LogP contribution in [0, 0.1) is 16.0 Å². The summed E-state index contributed by atoms with van der Waals surface area (Å²) in [6.07, 6.45) is 0. The molecule has 9 heteroatoms. The molecule has 1 aromatic heterocycles. The van der Waals surface area contributed by atoms with Crippen molar-refractivity contribution < 1.29 is 18.9 Å². The summed E-state index contributed by atoms with van der Waals surface area (Å²) in [4.78, 5) is 35.5. The lowest BCUT2D eigenvalue weighted by molar-refractivity contribution is -0.402. The Morgan fingerprint density at radius 1 is 1.29 bits per heavy atom. The van der Waals surface area contributed by atoms with Crippen LogP contribution in [0.25, 0.3) is 0 Å². The Hall–Kier alpha value is -2.68. The number of carbonyl (C=O) groups excluding carboxylic acids is 2. The highest BCUT2D eigenvalue weighted by Gasteiger charge is 2.37. The number of benzene rings is 1. The van der Waals surface area contributed by atoms with Crippen LogP contribution >= 0.6 is 15.9 Å². The molecule has 0 bridgehead atoms. The van der Waals surface area contributed by atoms with E-state index in [-0.39, 0.29) is 30.7 Å². The van der Waals surface area contributed by atoms with E-state index in [9.17, 15) is 19.7 Å². The van der Waals surface area contributed by atoms with Crippen molar-refractivity contribution in [3.63, 3.8) is 0 Å². The van der Waals surface area contributed by atoms with Gasteiger partial charge in [-0.25, -0.2) is 0 Å². The number of amides is 2. The molecule has 0 spiro atoms. The molecule has 124 valence electrons. The Kier molecular flexibility index (Phi) is 4.34. The first-order valence-electron chi connectivity index (χ1n) is 7.04. The number of nitrogens with one attached hydrogen (secondary N) is 1.